The van der Waals surface area contributed by atoms with Crippen molar-refractivity contribution in [3.63, 3.8) is 0 Å². The quantitative estimate of drug-likeness (QED) is 0.840. The molecule has 1 aliphatic rings. The van der Waals surface area contributed by atoms with Crippen LogP contribution in [0.25, 0.3) is 0 Å². The van der Waals surface area contributed by atoms with E-state index in [1.807, 2.05) is 4.90 Å². The van der Waals surface area contributed by atoms with E-state index >= 15 is 0 Å². The van der Waals surface area contributed by atoms with Crippen molar-refractivity contribution < 1.29 is 27.8 Å². The summed E-state index contributed by atoms with van der Waals surface area (Å²) in [5.41, 5.74) is -0.778. The number of halogens is 3. The van der Waals surface area contributed by atoms with Gasteiger partial charge in [-0.3, -0.25) is 5.32 Å². The van der Waals surface area contributed by atoms with E-state index in [0.29, 0.717) is 31.7 Å². The Morgan fingerprint density at radius 1 is 1.15 bits per heavy atom. The minimum absolute atomic E-state index is 0.119. The molecule has 1 aromatic carbocycles. The molecule has 144 valence electrons. The highest BCUT2D eigenvalue weighted by atomic mass is 19.4. The number of ether oxygens (including phenoxy) is 1. The molecule has 0 aliphatic carbocycles. The topological polar surface area (TPSA) is 87.6 Å². The maximum atomic E-state index is 13.1. The van der Waals surface area contributed by atoms with Crippen molar-refractivity contribution in [1.82, 2.24) is 10.2 Å². The molecule has 1 fully saturated rings. The Labute approximate surface area is 152 Å². The first-order chi connectivity index (χ1) is 12.8. The molecule has 0 atom stereocenters. The Morgan fingerprint density at radius 2 is 1.85 bits per heavy atom. The summed E-state index contributed by atoms with van der Waals surface area (Å²) in [7, 11) is 0. The number of benzene rings is 1. The zero-order valence-electron chi connectivity index (χ0n) is 14.1. The number of nitrogens with one attached hydrogen (secondary N) is 1. The molecular formula is C17H17F3N4O3. The molecule has 1 amide bonds. The van der Waals surface area contributed by atoms with Gasteiger partial charge in [-0.2, -0.15) is 13.2 Å². The van der Waals surface area contributed by atoms with Gasteiger partial charge in [0.15, 0.2) is 11.6 Å². The lowest BCUT2D eigenvalue weighted by Crippen LogP contribution is -2.39. The molecule has 1 aromatic heterocycles. The number of carbonyl (C=O) groups is 1. The molecular weight excluding hydrogens is 365 g/mol. The summed E-state index contributed by atoms with van der Waals surface area (Å²) in [4.78, 5) is 12.5. The third-order valence-electron chi connectivity index (χ3n) is 4.14. The third kappa shape index (κ3) is 4.78. The number of alkyl halides is 3. The van der Waals surface area contributed by atoms with Crippen molar-refractivity contribution >= 4 is 17.7 Å². The molecule has 2 aromatic rings. The van der Waals surface area contributed by atoms with Crippen LogP contribution in [-0.2, 0) is 6.18 Å². The zero-order chi connectivity index (χ0) is 19.4. The van der Waals surface area contributed by atoms with E-state index in [2.05, 4.69) is 15.5 Å². The molecule has 27 heavy (non-hydrogen) atoms. The first kappa shape index (κ1) is 18.7. The van der Waals surface area contributed by atoms with Gasteiger partial charge < -0.3 is 14.7 Å². The molecule has 0 unspecified atom stereocenters. The number of anilines is 2. The smallest absolute Gasteiger partial charge is 0.419 e. The largest absolute Gasteiger partial charge is 0.490 e. The molecule has 2 heterocycles. The Bertz CT molecular complexity index is 791. The van der Waals surface area contributed by atoms with Crippen LogP contribution in [0.15, 0.2) is 36.4 Å². The summed E-state index contributed by atoms with van der Waals surface area (Å²) >= 11 is 0. The van der Waals surface area contributed by atoms with Crippen molar-refractivity contribution in [2.24, 2.45) is 0 Å². The number of nitrogens with zero attached hydrogens (tertiary/aromatic N) is 3. The number of rotatable bonds is 4. The van der Waals surface area contributed by atoms with E-state index in [4.69, 9.17) is 9.84 Å². The van der Waals surface area contributed by atoms with Crippen LogP contribution in [0.5, 0.6) is 5.75 Å². The SMILES string of the molecule is O=C(O)Nc1ccc(N2CCC(Oc3ccccc3C(F)(F)F)CC2)nn1. The fraction of sp³-hybridized carbons (Fsp3) is 0.353. The van der Waals surface area contributed by atoms with Gasteiger partial charge >= 0.3 is 12.3 Å². The first-order valence-corrected chi connectivity index (χ1v) is 8.24. The number of amides is 1. The fourth-order valence-corrected chi connectivity index (χ4v) is 2.86. The molecule has 0 radical (unpaired) electrons. The molecule has 1 saturated heterocycles. The number of para-hydroxylation sites is 1. The summed E-state index contributed by atoms with van der Waals surface area (Å²) in [5, 5.41) is 18.5. The number of aromatic nitrogens is 2. The van der Waals surface area contributed by atoms with Crippen LogP contribution < -0.4 is 15.0 Å². The second-order valence-corrected chi connectivity index (χ2v) is 6.01. The summed E-state index contributed by atoms with van der Waals surface area (Å²) in [5.74, 6) is 0.528. The lowest BCUT2D eigenvalue weighted by atomic mass is 10.1. The summed E-state index contributed by atoms with van der Waals surface area (Å²) in [6, 6.07) is 8.32. The van der Waals surface area contributed by atoms with Gasteiger partial charge in [-0.05, 0) is 24.3 Å². The molecule has 0 spiro atoms. The fourth-order valence-electron chi connectivity index (χ4n) is 2.86. The van der Waals surface area contributed by atoms with E-state index in [1.54, 1.807) is 6.07 Å². The van der Waals surface area contributed by atoms with Crippen LogP contribution >= 0.6 is 0 Å². The number of piperidine rings is 1. The van der Waals surface area contributed by atoms with Gasteiger partial charge in [0.1, 0.15) is 11.9 Å². The lowest BCUT2D eigenvalue weighted by Gasteiger charge is -2.33. The van der Waals surface area contributed by atoms with Gasteiger partial charge in [-0.15, -0.1) is 10.2 Å². The molecule has 1 aliphatic heterocycles. The predicted octanol–water partition coefficient (Wildman–Crippen LogP) is 3.63. The summed E-state index contributed by atoms with van der Waals surface area (Å²) in [6.45, 7) is 1.08. The minimum Gasteiger partial charge on any atom is -0.490 e. The normalized spacial score (nSPS) is 15.4. The van der Waals surface area contributed by atoms with Gasteiger partial charge in [-0.25, -0.2) is 4.79 Å². The Kier molecular flexibility index (Phi) is 5.33. The number of hydrogen-bond donors (Lipinski definition) is 2. The van der Waals surface area contributed by atoms with Gasteiger partial charge in [0.05, 0.1) is 5.56 Å². The van der Waals surface area contributed by atoms with Crippen LogP contribution in [0.3, 0.4) is 0 Å². The van der Waals surface area contributed by atoms with E-state index < -0.39 is 17.8 Å². The third-order valence-corrected chi connectivity index (χ3v) is 4.14. The van der Waals surface area contributed by atoms with Crippen LogP contribution in [0.4, 0.5) is 29.6 Å². The second-order valence-electron chi connectivity index (χ2n) is 6.01. The summed E-state index contributed by atoms with van der Waals surface area (Å²) < 4.78 is 44.8. The van der Waals surface area contributed by atoms with Gasteiger partial charge in [-0.1, -0.05) is 12.1 Å². The average Bonchev–Trinajstić information content (AvgIpc) is 2.62. The van der Waals surface area contributed by atoms with Crippen molar-refractivity contribution in [2.75, 3.05) is 23.3 Å². The molecule has 2 N–H and O–H groups in total. The molecule has 7 nitrogen and oxygen atoms in total. The Morgan fingerprint density at radius 3 is 2.44 bits per heavy atom. The lowest BCUT2D eigenvalue weighted by molar-refractivity contribution is -0.139. The zero-order valence-corrected chi connectivity index (χ0v) is 14.1. The van der Waals surface area contributed by atoms with Crippen LogP contribution in [0, 0.1) is 0 Å². The van der Waals surface area contributed by atoms with E-state index in [1.165, 1.54) is 24.3 Å². The van der Waals surface area contributed by atoms with Crippen molar-refractivity contribution in [1.29, 1.82) is 0 Å². The molecule has 0 saturated carbocycles. The van der Waals surface area contributed by atoms with Crippen LogP contribution in [0.2, 0.25) is 0 Å². The van der Waals surface area contributed by atoms with E-state index in [0.717, 1.165) is 6.07 Å². The predicted molar refractivity (Wildman–Crippen MR) is 91.0 cm³/mol. The monoisotopic (exact) mass is 382 g/mol. The first-order valence-electron chi connectivity index (χ1n) is 8.24. The van der Waals surface area contributed by atoms with Crippen molar-refractivity contribution in [3.05, 3.63) is 42.0 Å². The minimum atomic E-state index is -4.46. The van der Waals surface area contributed by atoms with E-state index in [-0.39, 0.29) is 17.7 Å². The highest BCUT2D eigenvalue weighted by molar-refractivity contribution is 5.81. The Hall–Kier alpha value is -3.04. The molecule has 10 heteroatoms. The van der Waals surface area contributed by atoms with Crippen LogP contribution in [-0.4, -0.2) is 40.6 Å². The maximum absolute atomic E-state index is 13.1. The number of carboxylic acid groups (broad SMARTS) is 1. The number of hydrogen-bond acceptors (Lipinski definition) is 5. The van der Waals surface area contributed by atoms with Crippen molar-refractivity contribution in [3.8, 4) is 5.75 Å². The van der Waals surface area contributed by atoms with Crippen LogP contribution in [0.1, 0.15) is 18.4 Å². The average molecular weight is 382 g/mol. The highest BCUT2D eigenvalue weighted by Crippen LogP contribution is 2.37. The van der Waals surface area contributed by atoms with Gasteiger partial charge in [0.2, 0.25) is 0 Å². The maximum Gasteiger partial charge on any atom is 0.419 e. The van der Waals surface area contributed by atoms with Gasteiger partial charge in [0, 0.05) is 25.9 Å². The van der Waals surface area contributed by atoms with Gasteiger partial charge in [0.25, 0.3) is 0 Å². The Balaban J connectivity index is 1.59. The molecule has 0 bridgehead atoms. The second kappa shape index (κ2) is 7.68. The molecule has 3 rings (SSSR count). The van der Waals surface area contributed by atoms with E-state index in [9.17, 15) is 18.0 Å². The standard InChI is InChI=1S/C17H17F3N4O3/c18-17(19,20)12-3-1-2-4-13(12)27-11-7-9-24(10-8-11)15-6-5-14(22-23-15)21-16(25)26/h1-6,11H,7-10H2,(H,21,22)(H,25,26). The highest BCUT2D eigenvalue weighted by Gasteiger charge is 2.35. The van der Waals surface area contributed by atoms with Crippen molar-refractivity contribution in [2.45, 2.75) is 25.1 Å². The summed E-state index contributed by atoms with van der Waals surface area (Å²) in [6.07, 6.45) is -4.95.